The van der Waals surface area contributed by atoms with Gasteiger partial charge in [0.15, 0.2) is 5.13 Å². The molecule has 0 saturated heterocycles. The lowest BCUT2D eigenvalue weighted by molar-refractivity contribution is -0.120. The highest BCUT2D eigenvalue weighted by atomic mass is 35.5. The molecule has 1 aliphatic carbocycles. The summed E-state index contributed by atoms with van der Waals surface area (Å²) in [6.07, 6.45) is 4.69. The Bertz CT molecular complexity index is 1330. The third-order valence-corrected chi connectivity index (χ3v) is 8.66. The summed E-state index contributed by atoms with van der Waals surface area (Å²) in [7, 11) is -3.40. The van der Waals surface area contributed by atoms with Gasteiger partial charge < -0.3 is 5.32 Å². The first-order valence-corrected chi connectivity index (χ1v) is 13.3. The molecule has 2 aromatic heterocycles. The predicted octanol–water partition coefficient (Wildman–Crippen LogP) is 5.30. The summed E-state index contributed by atoms with van der Waals surface area (Å²) in [5, 5.41) is 5.24. The summed E-state index contributed by atoms with van der Waals surface area (Å²) in [4.78, 5) is 21.7. The van der Waals surface area contributed by atoms with Gasteiger partial charge in [0, 0.05) is 29.0 Å². The van der Waals surface area contributed by atoms with Crippen LogP contribution in [0.4, 0.5) is 10.8 Å². The van der Waals surface area contributed by atoms with Crippen molar-refractivity contribution in [2.24, 2.45) is 0 Å². The van der Waals surface area contributed by atoms with Gasteiger partial charge in [0.05, 0.1) is 21.4 Å². The highest BCUT2D eigenvalue weighted by molar-refractivity contribution is 7.93. The van der Waals surface area contributed by atoms with Crippen molar-refractivity contribution in [3.05, 3.63) is 57.8 Å². The molecule has 1 aromatic carbocycles. The van der Waals surface area contributed by atoms with Crippen molar-refractivity contribution in [1.82, 2.24) is 9.97 Å². The highest BCUT2D eigenvalue weighted by Crippen LogP contribution is 2.34. The van der Waals surface area contributed by atoms with Crippen LogP contribution in [0.5, 0.6) is 0 Å². The molecule has 0 aliphatic heterocycles. The van der Waals surface area contributed by atoms with E-state index in [9.17, 15) is 13.2 Å². The van der Waals surface area contributed by atoms with Gasteiger partial charge in [-0.2, -0.15) is 0 Å². The van der Waals surface area contributed by atoms with Crippen molar-refractivity contribution >= 4 is 49.7 Å². The molecule has 1 saturated carbocycles. The van der Waals surface area contributed by atoms with Crippen molar-refractivity contribution in [2.75, 3.05) is 10.0 Å². The second-order valence-corrected chi connectivity index (χ2v) is 12.1. The van der Waals surface area contributed by atoms with Crippen molar-refractivity contribution in [3.8, 4) is 11.1 Å². The summed E-state index contributed by atoms with van der Waals surface area (Å²) in [6.45, 7) is 7.43. The van der Waals surface area contributed by atoms with Crippen molar-refractivity contribution in [1.29, 1.82) is 0 Å². The van der Waals surface area contributed by atoms with Gasteiger partial charge in [-0.1, -0.05) is 11.6 Å². The Morgan fingerprint density at radius 2 is 1.88 bits per heavy atom. The van der Waals surface area contributed by atoms with Crippen LogP contribution < -0.4 is 10.0 Å². The lowest BCUT2D eigenvalue weighted by atomic mass is 9.88. The van der Waals surface area contributed by atoms with Crippen molar-refractivity contribution in [3.63, 3.8) is 0 Å². The fourth-order valence-electron chi connectivity index (χ4n) is 3.41. The molecule has 174 valence electrons. The summed E-state index contributed by atoms with van der Waals surface area (Å²) >= 11 is 7.27. The molecule has 0 radical (unpaired) electrons. The van der Waals surface area contributed by atoms with E-state index in [2.05, 4.69) is 20.0 Å². The minimum atomic E-state index is -3.40. The number of aryl methyl sites for hydroxylation is 2. The standard InChI is InChI=1S/C23H25ClN4O3S2/c1-13-8-19(14(2)7-18(13)15-9-16(24)11-25-10-15)26-21(29)23(3,4)20-12-32-22(27-20)28-33(30,31)17-5-6-17/h7-12,17H,5-6H2,1-4H3,(H,26,29)(H,27,28). The number of anilines is 2. The van der Waals surface area contributed by atoms with Crippen molar-refractivity contribution < 1.29 is 13.2 Å². The highest BCUT2D eigenvalue weighted by Gasteiger charge is 2.37. The second-order valence-electron chi connectivity index (χ2n) is 8.84. The Labute approximate surface area is 202 Å². The van der Waals surface area contributed by atoms with Crippen LogP contribution in [-0.2, 0) is 20.2 Å². The SMILES string of the molecule is Cc1cc(-c2cncc(Cl)c2)c(C)cc1NC(=O)C(C)(C)c1csc(NS(=O)(=O)C2CC2)n1. The summed E-state index contributed by atoms with van der Waals surface area (Å²) in [5.74, 6) is -0.232. The molecule has 3 aromatic rings. The number of pyridine rings is 1. The number of carbonyl (C=O) groups is 1. The summed E-state index contributed by atoms with van der Waals surface area (Å²) in [6, 6.07) is 5.78. The lowest BCUT2D eigenvalue weighted by Gasteiger charge is -2.23. The first kappa shape index (κ1) is 23.7. The Morgan fingerprint density at radius 1 is 1.15 bits per heavy atom. The number of sulfonamides is 1. The minimum absolute atomic E-state index is 0.232. The number of halogens is 1. The number of benzene rings is 1. The van der Waals surface area contributed by atoms with Gasteiger partial charge in [-0.15, -0.1) is 11.3 Å². The van der Waals surface area contributed by atoms with Gasteiger partial charge in [-0.05, 0) is 75.4 Å². The molecule has 0 bridgehead atoms. The van der Waals surface area contributed by atoms with Gasteiger partial charge in [-0.25, -0.2) is 13.4 Å². The molecular weight excluding hydrogens is 480 g/mol. The maximum Gasteiger partial charge on any atom is 0.237 e. The third-order valence-electron chi connectivity index (χ3n) is 5.74. The van der Waals surface area contributed by atoms with E-state index in [4.69, 9.17) is 11.6 Å². The number of amides is 1. The van der Waals surface area contributed by atoms with Crippen LogP contribution in [0, 0.1) is 13.8 Å². The largest absolute Gasteiger partial charge is 0.325 e. The average molecular weight is 505 g/mol. The smallest absolute Gasteiger partial charge is 0.237 e. The normalized spacial score (nSPS) is 14.2. The van der Waals surface area contributed by atoms with E-state index >= 15 is 0 Å². The van der Waals surface area contributed by atoms with E-state index in [-0.39, 0.29) is 16.3 Å². The van der Waals surface area contributed by atoms with Gasteiger partial charge in [0.25, 0.3) is 0 Å². The molecule has 0 unspecified atom stereocenters. The second kappa shape index (κ2) is 8.70. The van der Waals surface area contributed by atoms with E-state index in [0.29, 0.717) is 29.2 Å². The number of hydrogen-bond donors (Lipinski definition) is 2. The van der Waals surface area contributed by atoms with Gasteiger partial charge in [0.2, 0.25) is 15.9 Å². The van der Waals surface area contributed by atoms with Crippen LogP contribution in [0.15, 0.2) is 36.0 Å². The Kier molecular flexibility index (Phi) is 6.24. The quantitative estimate of drug-likeness (QED) is 0.455. The summed E-state index contributed by atoms with van der Waals surface area (Å²) < 4.78 is 26.9. The van der Waals surface area contributed by atoms with E-state index in [1.54, 1.807) is 31.6 Å². The first-order chi connectivity index (χ1) is 15.5. The molecule has 1 aliphatic rings. The fourth-order valence-corrected chi connectivity index (χ4v) is 6.06. The molecule has 7 nitrogen and oxygen atoms in total. The zero-order chi connectivity index (χ0) is 24.0. The van der Waals surface area contributed by atoms with Crippen LogP contribution >= 0.6 is 22.9 Å². The number of thiazole rings is 1. The van der Waals surface area contributed by atoms with Gasteiger partial charge >= 0.3 is 0 Å². The van der Waals surface area contributed by atoms with Gasteiger partial charge in [0.1, 0.15) is 0 Å². The molecular formula is C23H25ClN4O3S2. The maximum absolute atomic E-state index is 13.2. The average Bonchev–Trinajstić information content (AvgIpc) is 3.51. The number of aromatic nitrogens is 2. The first-order valence-electron chi connectivity index (χ1n) is 10.5. The fraction of sp³-hybridized carbons (Fsp3) is 0.348. The molecule has 0 spiro atoms. The van der Waals surface area contributed by atoms with Crippen LogP contribution in [0.3, 0.4) is 0 Å². The van der Waals surface area contributed by atoms with Crippen molar-refractivity contribution in [2.45, 2.75) is 51.2 Å². The zero-order valence-corrected chi connectivity index (χ0v) is 21.2. The molecule has 2 N–H and O–H groups in total. The Morgan fingerprint density at radius 3 is 2.55 bits per heavy atom. The van der Waals surface area contributed by atoms with E-state index in [1.807, 2.05) is 32.0 Å². The van der Waals surface area contributed by atoms with Crippen LogP contribution in [0.2, 0.25) is 5.02 Å². The molecule has 4 rings (SSSR count). The number of carbonyl (C=O) groups excluding carboxylic acids is 1. The predicted molar refractivity (Wildman–Crippen MR) is 133 cm³/mol. The molecule has 0 atom stereocenters. The Balaban J connectivity index is 1.53. The minimum Gasteiger partial charge on any atom is -0.325 e. The number of nitrogens with one attached hydrogen (secondary N) is 2. The molecule has 1 amide bonds. The lowest BCUT2D eigenvalue weighted by Crippen LogP contribution is -2.35. The maximum atomic E-state index is 13.2. The number of hydrogen-bond acceptors (Lipinski definition) is 6. The Hall–Kier alpha value is -2.49. The van der Waals surface area contributed by atoms with Crippen LogP contribution in [0.25, 0.3) is 11.1 Å². The van der Waals surface area contributed by atoms with E-state index in [1.165, 1.54) is 11.3 Å². The van der Waals surface area contributed by atoms with Crippen LogP contribution in [0.1, 0.15) is 43.5 Å². The number of nitrogens with zero attached hydrogens (tertiary/aromatic N) is 2. The molecule has 10 heteroatoms. The monoisotopic (exact) mass is 504 g/mol. The third kappa shape index (κ3) is 5.05. The summed E-state index contributed by atoms with van der Waals surface area (Å²) in [5.41, 5.74) is 4.02. The van der Waals surface area contributed by atoms with Crippen LogP contribution in [-0.4, -0.2) is 29.5 Å². The molecule has 1 fully saturated rings. The molecule has 2 heterocycles. The van der Waals surface area contributed by atoms with Gasteiger partial charge in [-0.3, -0.25) is 14.5 Å². The zero-order valence-electron chi connectivity index (χ0n) is 18.8. The molecule has 33 heavy (non-hydrogen) atoms. The van der Waals surface area contributed by atoms with E-state index in [0.717, 1.165) is 22.3 Å². The number of rotatable bonds is 7. The van der Waals surface area contributed by atoms with E-state index < -0.39 is 15.4 Å². The topological polar surface area (TPSA) is 101 Å².